The van der Waals surface area contributed by atoms with Crippen LogP contribution in [0.5, 0.6) is 11.5 Å². The molecule has 0 spiro atoms. The number of nitrogens with zero attached hydrogens (tertiary/aromatic N) is 2. The monoisotopic (exact) mass is 374 g/mol. The first kappa shape index (κ1) is 17.0. The second kappa shape index (κ2) is 7.02. The van der Waals surface area contributed by atoms with Crippen molar-refractivity contribution in [3.63, 3.8) is 0 Å². The molecule has 2 heterocycles. The number of rotatable bonds is 5. The maximum atomic E-state index is 13.8. The van der Waals surface area contributed by atoms with Gasteiger partial charge in [-0.2, -0.15) is 0 Å². The van der Waals surface area contributed by atoms with Crippen molar-refractivity contribution in [2.24, 2.45) is 0 Å². The lowest BCUT2D eigenvalue weighted by Gasteiger charge is -2.10. The van der Waals surface area contributed by atoms with E-state index in [1.807, 2.05) is 18.2 Å². The van der Waals surface area contributed by atoms with Gasteiger partial charge >= 0.3 is 0 Å². The predicted molar refractivity (Wildman–Crippen MR) is 91.5 cm³/mol. The van der Waals surface area contributed by atoms with Gasteiger partial charge in [0.05, 0.1) is 5.69 Å². The van der Waals surface area contributed by atoms with E-state index in [2.05, 4.69) is 20.6 Å². The number of benzene rings is 2. The summed E-state index contributed by atoms with van der Waals surface area (Å²) in [5, 5.41) is 5.70. The number of hydrogen-bond acceptors (Lipinski definition) is 6. The minimum Gasteiger partial charge on any atom is -0.454 e. The van der Waals surface area contributed by atoms with Crippen LogP contribution in [0.3, 0.4) is 0 Å². The summed E-state index contributed by atoms with van der Waals surface area (Å²) in [7, 11) is 0. The van der Waals surface area contributed by atoms with Crippen LogP contribution in [-0.2, 0) is 6.54 Å². The second-order valence-corrected chi connectivity index (χ2v) is 5.68. The SMILES string of the molecule is Fc1ccc(Nc2cc(NCc3ccc4c(c3)OCO4)ncn2)c(F)c1F. The fraction of sp³-hybridized carbons (Fsp3) is 0.111. The van der Waals surface area contributed by atoms with Gasteiger partial charge in [0, 0.05) is 12.6 Å². The Kier molecular flexibility index (Phi) is 4.41. The Hall–Kier alpha value is -3.49. The molecule has 138 valence electrons. The highest BCUT2D eigenvalue weighted by atomic mass is 19.2. The predicted octanol–water partition coefficient (Wildman–Crippen LogP) is 3.98. The van der Waals surface area contributed by atoms with E-state index in [1.54, 1.807) is 0 Å². The molecule has 9 heteroatoms. The highest BCUT2D eigenvalue weighted by molar-refractivity contribution is 5.59. The minimum absolute atomic E-state index is 0.202. The van der Waals surface area contributed by atoms with Crippen LogP contribution in [0.1, 0.15) is 5.56 Å². The van der Waals surface area contributed by atoms with Crippen LogP contribution in [0, 0.1) is 17.5 Å². The number of halogens is 3. The summed E-state index contributed by atoms with van der Waals surface area (Å²) >= 11 is 0. The van der Waals surface area contributed by atoms with Gasteiger partial charge in [0.25, 0.3) is 0 Å². The molecule has 0 fully saturated rings. The lowest BCUT2D eigenvalue weighted by molar-refractivity contribution is 0.174. The molecule has 0 saturated carbocycles. The second-order valence-electron chi connectivity index (χ2n) is 5.68. The van der Waals surface area contributed by atoms with E-state index in [9.17, 15) is 13.2 Å². The molecule has 4 rings (SSSR count). The molecule has 0 amide bonds. The fourth-order valence-corrected chi connectivity index (χ4v) is 2.53. The van der Waals surface area contributed by atoms with E-state index in [4.69, 9.17) is 9.47 Å². The molecule has 0 bridgehead atoms. The van der Waals surface area contributed by atoms with E-state index in [0.29, 0.717) is 23.9 Å². The maximum absolute atomic E-state index is 13.8. The molecular formula is C18H13F3N4O2. The fourth-order valence-electron chi connectivity index (χ4n) is 2.53. The van der Waals surface area contributed by atoms with E-state index in [1.165, 1.54) is 12.4 Å². The Bertz CT molecular complexity index is 1000. The van der Waals surface area contributed by atoms with Crippen molar-refractivity contribution in [1.82, 2.24) is 9.97 Å². The van der Waals surface area contributed by atoms with Gasteiger partial charge in [-0.1, -0.05) is 6.07 Å². The van der Waals surface area contributed by atoms with Crippen molar-refractivity contribution in [1.29, 1.82) is 0 Å². The van der Waals surface area contributed by atoms with Gasteiger partial charge in [0.2, 0.25) is 6.79 Å². The molecule has 1 aliphatic rings. The number of anilines is 3. The number of ether oxygens (including phenoxy) is 2. The first-order chi connectivity index (χ1) is 13.1. The molecule has 1 aromatic heterocycles. The largest absolute Gasteiger partial charge is 0.454 e. The summed E-state index contributed by atoms with van der Waals surface area (Å²) < 4.78 is 50.7. The smallest absolute Gasteiger partial charge is 0.231 e. The summed E-state index contributed by atoms with van der Waals surface area (Å²) in [6.45, 7) is 0.653. The van der Waals surface area contributed by atoms with Gasteiger partial charge < -0.3 is 20.1 Å². The molecule has 0 unspecified atom stereocenters. The van der Waals surface area contributed by atoms with Crippen LogP contribution in [-0.4, -0.2) is 16.8 Å². The molecule has 3 aromatic rings. The van der Waals surface area contributed by atoms with Crippen molar-refractivity contribution in [3.05, 3.63) is 65.7 Å². The third kappa shape index (κ3) is 3.57. The maximum Gasteiger partial charge on any atom is 0.231 e. The quantitative estimate of drug-likeness (QED) is 0.659. The number of hydrogen-bond donors (Lipinski definition) is 2. The molecule has 27 heavy (non-hydrogen) atoms. The van der Waals surface area contributed by atoms with Crippen LogP contribution in [0.2, 0.25) is 0 Å². The molecule has 2 N–H and O–H groups in total. The van der Waals surface area contributed by atoms with E-state index < -0.39 is 17.5 Å². The molecule has 2 aromatic carbocycles. The Labute approximate surface area is 152 Å². The van der Waals surface area contributed by atoms with Crippen LogP contribution in [0.25, 0.3) is 0 Å². The van der Waals surface area contributed by atoms with Crippen molar-refractivity contribution in [3.8, 4) is 11.5 Å². The van der Waals surface area contributed by atoms with Gasteiger partial charge in [-0.3, -0.25) is 0 Å². The van der Waals surface area contributed by atoms with Crippen molar-refractivity contribution in [2.75, 3.05) is 17.4 Å². The first-order valence-corrected chi connectivity index (χ1v) is 7.95. The summed E-state index contributed by atoms with van der Waals surface area (Å²) in [4.78, 5) is 8.03. The standard InChI is InChI=1S/C18H13F3N4O2/c19-11-2-3-12(18(21)17(11)20)25-16-6-15(23-8-24-16)22-7-10-1-4-13-14(5-10)27-9-26-13/h1-6,8H,7,9H2,(H2,22,23,24,25). The summed E-state index contributed by atoms with van der Waals surface area (Å²) in [5.41, 5.74) is 0.716. The van der Waals surface area contributed by atoms with E-state index in [0.717, 1.165) is 17.7 Å². The average molecular weight is 374 g/mol. The third-order valence-electron chi connectivity index (χ3n) is 3.88. The molecule has 6 nitrogen and oxygen atoms in total. The summed E-state index contributed by atoms with van der Waals surface area (Å²) in [5.74, 6) is -2.06. The van der Waals surface area contributed by atoms with Gasteiger partial charge in [0.1, 0.15) is 18.0 Å². The van der Waals surface area contributed by atoms with E-state index in [-0.39, 0.29) is 18.3 Å². The Balaban J connectivity index is 1.46. The van der Waals surface area contributed by atoms with Crippen LogP contribution >= 0.6 is 0 Å². The lowest BCUT2D eigenvalue weighted by atomic mass is 10.2. The highest BCUT2D eigenvalue weighted by Gasteiger charge is 2.15. The molecular weight excluding hydrogens is 361 g/mol. The molecule has 0 aliphatic carbocycles. The van der Waals surface area contributed by atoms with Crippen molar-refractivity contribution >= 4 is 17.3 Å². The van der Waals surface area contributed by atoms with Gasteiger partial charge in [-0.05, 0) is 29.8 Å². The molecule has 1 aliphatic heterocycles. The zero-order chi connectivity index (χ0) is 18.8. The molecule has 0 saturated heterocycles. The summed E-state index contributed by atoms with van der Waals surface area (Å²) in [6, 6.07) is 9.01. The van der Waals surface area contributed by atoms with Crippen molar-refractivity contribution < 1.29 is 22.6 Å². The van der Waals surface area contributed by atoms with Crippen LogP contribution in [0.4, 0.5) is 30.5 Å². The number of nitrogens with one attached hydrogen (secondary N) is 2. The van der Waals surface area contributed by atoms with Gasteiger partial charge in [-0.25, -0.2) is 23.1 Å². The highest BCUT2D eigenvalue weighted by Crippen LogP contribution is 2.32. The average Bonchev–Trinajstić information content (AvgIpc) is 3.15. The van der Waals surface area contributed by atoms with Crippen LogP contribution in [0.15, 0.2) is 42.7 Å². The topological polar surface area (TPSA) is 68.3 Å². The first-order valence-electron chi connectivity index (χ1n) is 7.95. The molecule has 0 radical (unpaired) electrons. The Morgan fingerprint density at radius 1 is 0.889 bits per heavy atom. The Morgan fingerprint density at radius 2 is 1.70 bits per heavy atom. The molecule has 0 atom stereocenters. The Morgan fingerprint density at radius 3 is 2.59 bits per heavy atom. The third-order valence-corrected chi connectivity index (χ3v) is 3.88. The number of fused-ring (bicyclic) bond motifs is 1. The number of aromatic nitrogens is 2. The zero-order valence-electron chi connectivity index (χ0n) is 13.8. The minimum atomic E-state index is -1.55. The van der Waals surface area contributed by atoms with E-state index >= 15 is 0 Å². The van der Waals surface area contributed by atoms with Crippen LogP contribution < -0.4 is 20.1 Å². The van der Waals surface area contributed by atoms with Gasteiger partial charge in [-0.15, -0.1) is 0 Å². The van der Waals surface area contributed by atoms with Crippen molar-refractivity contribution in [2.45, 2.75) is 6.54 Å². The zero-order valence-corrected chi connectivity index (χ0v) is 13.8. The summed E-state index contributed by atoms with van der Waals surface area (Å²) in [6.07, 6.45) is 1.27. The van der Waals surface area contributed by atoms with Gasteiger partial charge in [0.15, 0.2) is 29.0 Å². The lowest BCUT2D eigenvalue weighted by Crippen LogP contribution is -2.04. The normalized spacial score (nSPS) is 12.1.